The van der Waals surface area contributed by atoms with Gasteiger partial charge >= 0.3 is 12.3 Å². The molecule has 2 aromatic carbocycles. The van der Waals surface area contributed by atoms with Gasteiger partial charge in [-0.25, -0.2) is 26.4 Å². The molecule has 2 aromatic rings. The van der Waals surface area contributed by atoms with Crippen LogP contribution in [0.25, 0.3) is 0 Å². The van der Waals surface area contributed by atoms with Crippen molar-refractivity contribution >= 4 is 27.5 Å². The molecule has 41 heavy (non-hydrogen) atoms. The molecule has 1 aliphatic carbocycles. The van der Waals surface area contributed by atoms with Crippen LogP contribution in [-0.4, -0.2) is 51.4 Å². The first-order valence-corrected chi connectivity index (χ1v) is 13.8. The number of hydrogen-bond donors (Lipinski definition) is 2. The van der Waals surface area contributed by atoms with Crippen molar-refractivity contribution in [2.24, 2.45) is 5.92 Å². The van der Waals surface area contributed by atoms with Gasteiger partial charge in [0.15, 0.2) is 0 Å². The summed E-state index contributed by atoms with van der Waals surface area (Å²) in [7, 11) is -4.34. The average molecular weight is 608 g/mol. The maximum atomic E-state index is 13.6. The van der Waals surface area contributed by atoms with Gasteiger partial charge in [-0.2, -0.15) is 13.2 Å². The van der Waals surface area contributed by atoms with Crippen LogP contribution in [0, 0.1) is 11.7 Å². The molecule has 1 saturated carbocycles. The highest BCUT2D eigenvalue weighted by Gasteiger charge is 2.51. The van der Waals surface area contributed by atoms with Crippen LogP contribution in [0.2, 0.25) is 0 Å². The summed E-state index contributed by atoms with van der Waals surface area (Å²) in [6.45, 7) is 4.84. The van der Waals surface area contributed by atoms with Gasteiger partial charge in [0.1, 0.15) is 17.7 Å². The minimum atomic E-state index is -4.85. The van der Waals surface area contributed by atoms with Crippen LogP contribution in [0.1, 0.15) is 26.7 Å². The molecule has 2 N–H and O–H groups in total. The normalized spacial score (nSPS) is 18.9. The lowest BCUT2D eigenvalue weighted by molar-refractivity contribution is -0.242. The summed E-state index contributed by atoms with van der Waals surface area (Å²) in [4.78, 5) is 11.9. The lowest BCUT2D eigenvalue weighted by Crippen LogP contribution is -2.48. The molecule has 1 fully saturated rings. The van der Waals surface area contributed by atoms with Gasteiger partial charge in [-0.15, -0.1) is 0 Å². The van der Waals surface area contributed by atoms with E-state index in [1.54, 1.807) is 0 Å². The number of nitrogens with one attached hydrogen (secondary N) is 2. The molecule has 2 aliphatic rings. The van der Waals surface area contributed by atoms with Gasteiger partial charge in [-0.3, -0.25) is 9.62 Å². The van der Waals surface area contributed by atoms with E-state index in [9.17, 15) is 39.6 Å². The molecule has 1 amide bonds. The van der Waals surface area contributed by atoms with Gasteiger partial charge in [-0.05, 0) is 56.3 Å². The third-order valence-electron chi connectivity index (χ3n) is 6.71. The monoisotopic (exact) mass is 607 g/mol. The van der Waals surface area contributed by atoms with Gasteiger partial charge in [-0.1, -0.05) is 6.58 Å². The fourth-order valence-corrected chi connectivity index (χ4v) is 5.69. The smallest absolute Gasteiger partial charge is 0.427 e. The van der Waals surface area contributed by atoms with E-state index in [4.69, 9.17) is 4.74 Å². The van der Waals surface area contributed by atoms with Crippen LogP contribution in [0.3, 0.4) is 0 Å². The van der Waals surface area contributed by atoms with Crippen molar-refractivity contribution in [3.05, 3.63) is 60.6 Å². The van der Waals surface area contributed by atoms with Crippen LogP contribution >= 0.6 is 0 Å². The molecular weight excluding hydrogens is 580 g/mol. The Labute approximate surface area is 232 Å². The zero-order valence-electron chi connectivity index (χ0n) is 21.9. The molecular formula is C26H27F6N3O5S. The van der Waals surface area contributed by atoms with Crippen molar-refractivity contribution in [3.8, 4) is 5.75 Å². The van der Waals surface area contributed by atoms with Crippen LogP contribution in [-0.2, 0) is 14.8 Å². The summed E-state index contributed by atoms with van der Waals surface area (Å²) >= 11 is 0. The first-order chi connectivity index (χ1) is 18.9. The number of amides is 1. The minimum absolute atomic E-state index is 0.00857. The maximum absolute atomic E-state index is 13.6. The van der Waals surface area contributed by atoms with E-state index >= 15 is 0 Å². The first kappa shape index (κ1) is 30.3. The fraction of sp³-hybridized carbons (Fsp3) is 0.423. The highest BCUT2D eigenvalue weighted by Crippen LogP contribution is 2.45. The molecule has 0 saturated heterocycles. The second-order valence-electron chi connectivity index (χ2n) is 10.3. The van der Waals surface area contributed by atoms with E-state index in [0.717, 1.165) is 28.6 Å². The van der Waals surface area contributed by atoms with E-state index in [-0.39, 0.29) is 48.0 Å². The van der Waals surface area contributed by atoms with Crippen LogP contribution in [0.4, 0.5) is 42.5 Å². The fourth-order valence-electron chi connectivity index (χ4n) is 4.19. The quantitative estimate of drug-likeness (QED) is 0.367. The van der Waals surface area contributed by atoms with E-state index in [1.165, 1.54) is 18.2 Å². The van der Waals surface area contributed by atoms with Gasteiger partial charge in [0.25, 0.3) is 10.0 Å². The van der Waals surface area contributed by atoms with Gasteiger partial charge in [0.05, 0.1) is 23.7 Å². The summed E-state index contributed by atoms with van der Waals surface area (Å²) in [5.74, 6) is -3.82. The molecule has 0 aromatic heterocycles. The highest BCUT2D eigenvalue weighted by molar-refractivity contribution is 7.92. The molecule has 15 heteroatoms. The molecule has 0 spiro atoms. The summed E-state index contributed by atoms with van der Waals surface area (Å²) < 4.78 is 118. The third kappa shape index (κ3) is 6.66. The second kappa shape index (κ2) is 10.7. The van der Waals surface area contributed by atoms with Crippen molar-refractivity contribution < 1.29 is 49.0 Å². The Hall–Kier alpha value is -3.62. The Bertz CT molecular complexity index is 1420. The Kier molecular flexibility index (Phi) is 7.88. The summed E-state index contributed by atoms with van der Waals surface area (Å²) in [5.41, 5.74) is -2.59. The summed E-state index contributed by atoms with van der Waals surface area (Å²) in [6, 6.07) is 7.80. The van der Waals surface area contributed by atoms with Crippen LogP contribution < -0.4 is 19.7 Å². The Balaban J connectivity index is 1.58. The van der Waals surface area contributed by atoms with E-state index in [1.807, 2.05) is 0 Å². The number of fused-ring (bicyclic) bond motifs is 1. The standard InChI is InChI=1S/C26H27F6N3O5S/c1-15(16-11-25(28,29)12-16)33-13-19-14-35(41(37,38)20-7-4-17(27)5-8-20)21-10-18(6-9-22(21)39-19)34-23(36)40-24(2,3)26(30,31)32/h4-10,16,19,33H,1,11-14H2,2-3H3,(H,34,36)/t19-/m1/s1. The number of halogens is 6. The lowest BCUT2D eigenvalue weighted by Gasteiger charge is -2.38. The van der Waals surface area contributed by atoms with E-state index in [2.05, 4.69) is 21.9 Å². The SMILES string of the molecule is C=C(NC[C@@H]1CN(S(=O)(=O)c2ccc(F)cc2)c2cc(NC(=O)OC(C)(C)C(F)(F)F)ccc2O1)C1CC(F)(F)C1. The summed E-state index contributed by atoms with van der Waals surface area (Å²) in [5, 5.41) is 5.07. The number of rotatable bonds is 8. The zero-order valence-corrected chi connectivity index (χ0v) is 22.7. The number of allylic oxidation sites excluding steroid dienone is 1. The highest BCUT2D eigenvalue weighted by atomic mass is 32.2. The molecule has 224 valence electrons. The largest absolute Gasteiger partial charge is 0.484 e. The first-order valence-electron chi connectivity index (χ1n) is 12.3. The van der Waals surface area contributed by atoms with Gasteiger partial charge < -0.3 is 14.8 Å². The van der Waals surface area contributed by atoms with Gasteiger partial charge in [0, 0.05) is 30.1 Å². The number of alkyl halides is 5. The number of benzene rings is 2. The van der Waals surface area contributed by atoms with E-state index in [0.29, 0.717) is 19.5 Å². The number of anilines is 2. The predicted molar refractivity (Wildman–Crippen MR) is 137 cm³/mol. The second-order valence-corrected chi connectivity index (χ2v) is 12.2. The molecule has 1 aliphatic heterocycles. The van der Waals surface area contributed by atoms with Crippen molar-refractivity contribution in [2.45, 2.75) is 55.4 Å². The molecule has 1 heterocycles. The van der Waals surface area contributed by atoms with Crippen molar-refractivity contribution in [3.63, 3.8) is 0 Å². The molecule has 0 bridgehead atoms. The molecule has 0 radical (unpaired) electrons. The predicted octanol–water partition coefficient (Wildman–Crippen LogP) is 5.82. The van der Waals surface area contributed by atoms with Gasteiger partial charge in [0.2, 0.25) is 11.5 Å². The van der Waals surface area contributed by atoms with Crippen molar-refractivity contribution in [2.75, 3.05) is 22.7 Å². The topological polar surface area (TPSA) is 97.0 Å². The molecule has 0 unspecified atom stereocenters. The average Bonchev–Trinajstić information content (AvgIpc) is 2.84. The van der Waals surface area contributed by atoms with Crippen molar-refractivity contribution in [1.29, 1.82) is 0 Å². The van der Waals surface area contributed by atoms with Crippen LogP contribution in [0.15, 0.2) is 59.6 Å². The number of carbonyl (C=O) groups excluding carboxylic acids is 1. The minimum Gasteiger partial charge on any atom is -0.484 e. The number of nitrogens with zero attached hydrogens (tertiary/aromatic N) is 1. The molecule has 1 atom stereocenters. The maximum Gasteiger partial charge on any atom is 0.427 e. The Morgan fingerprint density at radius 3 is 2.37 bits per heavy atom. The lowest BCUT2D eigenvalue weighted by atomic mass is 9.79. The van der Waals surface area contributed by atoms with Crippen LogP contribution in [0.5, 0.6) is 5.75 Å². The van der Waals surface area contributed by atoms with Crippen molar-refractivity contribution in [1.82, 2.24) is 5.32 Å². The number of hydrogen-bond acceptors (Lipinski definition) is 6. The summed E-state index contributed by atoms with van der Waals surface area (Å²) in [6.07, 6.45) is -7.81. The Morgan fingerprint density at radius 2 is 1.78 bits per heavy atom. The number of sulfonamides is 1. The number of carbonyl (C=O) groups is 1. The third-order valence-corrected chi connectivity index (χ3v) is 8.50. The Morgan fingerprint density at radius 1 is 1.15 bits per heavy atom. The molecule has 8 nitrogen and oxygen atoms in total. The molecule has 4 rings (SSSR count). The zero-order chi connectivity index (χ0) is 30.4. The number of ether oxygens (including phenoxy) is 2. The van der Waals surface area contributed by atoms with E-state index < -0.39 is 51.7 Å².